The van der Waals surface area contributed by atoms with E-state index in [2.05, 4.69) is 37.4 Å². The molecule has 0 bridgehead atoms. The van der Waals surface area contributed by atoms with Gasteiger partial charge < -0.3 is 24.6 Å². The average Bonchev–Trinajstić information content (AvgIpc) is 3.28. The lowest BCUT2D eigenvalue weighted by atomic mass is 10.00. The van der Waals surface area contributed by atoms with Crippen molar-refractivity contribution >= 4 is 11.6 Å². The van der Waals surface area contributed by atoms with Crippen molar-refractivity contribution < 1.29 is 9.47 Å². The molecule has 4 heterocycles. The topological polar surface area (TPSA) is 62.8 Å². The fourth-order valence-electron chi connectivity index (χ4n) is 5.53. The Morgan fingerprint density at radius 1 is 0.929 bits per heavy atom. The monoisotopic (exact) mass is 387 g/mol. The van der Waals surface area contributed by atoms with Gasteiger partial charge in [0, 0.05) is 52.0 Å². The normalized spacial score (nSPS) is 31.9. The maximum Gasteiger partial charge on any atom is 0.151 e. The van der Waals surface area contributed by atoms with Gasteiger partial charge in [-0.2, -0.15) is 0 Å². The second-order valence-electron chi connectivity index (χ2n) is 8.98. The van der Waals surface area contributed by atoms with Crippen LogP contribution in [0.4, 0.5) is 11.6 Å². The number of morpholine rings is 1. The number of likely N-dealkylation sites (tertiary alicyclic amines) is 1. The zero-order valence-corrected chi connectivity index (χ0v) is 16.8. The van der Waals surface area contributed by atoms with Gasteiger partial charge >= 0.3 is 0 Å². The molecule has 0 amide bonds. The van der Waals surface area contributed by atoms with Gasteiger partial charge in [-0.15, -0.1) is 10.2 Å². The van der Waals surface area contributed by atoms with Crippen LogP contribution >= 0.6 is 0 Å². The first-order valence-corrected chi connectivity index (χ1v) is 11.1. The average molecular weight is 388 g/mol. The van der Waals surface area contributed by atoms with E-state index in [9.17, 15) is 0 Å². The van der Waals surface area contributed by atoms with Gasteiger partial charge in [-0.05, 0) is 55.6 Å². The van der Waals surface area contributed by atoms with Crippen LogP contribution in [0, 0.1) is 17.8 Å². The number of nitrogens with zero attached hydrogens (tertiary/aromatic N) is 4. The molecule has 7 heteroatoms. The van der Waals surface area contributed by atoms with Crippen LogP contribution in [0.25, 0.3) is 0 Å². The fraction of sp³-hybridized carbons (Fsp3) is 0.810. The highest BCUT2D eigenvalue weighted by atomic mass is 16.5. The Kier molecular flexibility index (Phi) is 5.65. The smallest absolute Gasteiger partial charge is 0.151 e. The van der Waals surface area contributed by atoms with Crippen molar-refractivity contribution in [2.24, 2.45) is 17.8 Å². The van der Waals surface area contributed by atoms with Gasteiger partial charge in [0.25, 0.3) is 0 Å². The van der Waals surface area contributed by atoms with E-state index in [0.717, 1.165) is 68.9 Å². The summed E-state index contributed by atoms with van der Waals surface area (Å²) in [7, 11) is 0. The molecular weight excluding hydrogens is 354 g/mol. The van der Waals surface area contributed by atoms with Crippen molar-refractivity contribution in [2.45, 2.75) is 31.7 Å². The van der Waals surface area contributed by atoms with E-state index in [1.54, 1.807) is 0 Å². The molecule has 1 saturated carbocycles. The minimum atomic E-state index is 0.545. The number of rotatable bonds is 5. The van der Waals surface area contributed by atoms with Crippen LogP contribution in [0.3, 0.4) is 0 Å². The van der Waals surface area contributed by atoms with Crippen molar-refractivity contribution in [1.29, 1.82) is 0 Å². The molecule has 0 radical (unpaired) electrons. The Morgan fingerprint density at radius 2 is 1.64 bits per heavy atom. The standard InChI is InChI=1S/C21H33N5O2/c1-2-21(26-5-9-28-10-6-26)24-23-20(1)22-19-11-17-14-25(15-18(17)12-19)13-16-3-7-27-8-4-16/h1-2,16-19H,3-15H2,(H,22,23)/t17-,18?,19?/m1/s1. The maximum absolute atomic E-state index is 5.51. The molecule has 3 atom stereocenters. The third-order valence-corrected chi connectivity index (χ3v) is 7.02. The van der Waals surface area contributed by atoms with E-state index in [0.29, 0.717) is 6.04 Å². The third-order valence-electron chi connectivity index (χ3n) is 7.02. The van der Waals surface area contributed by atoms with Crippen molar-refractivity contribution in [2.75, 3.05) is 69.4 Å². The van der Waals surface area contributed by atoms with Gasteiger partial charge in [0.15, 0.2) is 5.82 Å². The molecule has 2 unspecified atom stereocenters. The Morgan fingerprint density at radius 3 is 2.32 bits per heavy atom. The van der Waals surface area contributed by atoms with Crippen LogP contribution in [0.15, 0.2) is 12.1 Å². The van der Waals surface area contributed by atoms with E-state index in [1.165, 1.54) is 45.3 Å². The molecule has 5 rings (SSSR count). The summed E-state index contributed by atoms with van der Waals surface area (Å²) in [6, 6.07) is 4.72. The second kappa shape index (κ2) is 8.51. The number of nitrogens with one attached hydrogen (secondary N) is 1. The molecule has 1 aromatic rings. The van der Waals surface area contributed by atoms with Gasteiger partial charge in [0.2, 0.25) is 0 Å². The van der Waals surface area contributed by atoms with Gasteiger partial charge in [-0.3, -0.25) is 0 Å². The summed E-state index contributed by atoms with van der Waals surface area (Å²) in [6.45, 7) is 9.11. The molecule has 154 valence electrons. The van der Waals surface area contributed by atoms with Crippen molar-refractivity contribution in [3.05, 3.63) is 12.1 Å². The highest BCUT2D eigenvalue weighted by molar-refractivity contribution is 5.44. The Hall–Kier alpha value is -1.44. The molecule has 3 saturated heterocycles. The van der Waals surface area contributed by atoms with E-state index in [4.69, 9.17) is 9.47 Å². The third kappa shape index (κ3) is 4.26. The molecule has 28 heavy (non-hydrogen) atoms. The predicted molar refractivity (Wildman–Crippen MR) is 109 cm³/mol. The number of fused-ring (bicyclic) bond motifs is 1. The van der Waals surface area contributed by atoms with Crippen molar-refractivity contribution in [3.8, 4) is 0 Å². The van der Waals surface area contributed by atoms with Gasteiger partial charge in [0.1, 0.15) is 5.82 Å². The largest absolute Gasteiger partial charge is 0.381 e. The summed E-state index contributed by atoms with van der Waals surface area (Å²) in [6.07, 6.45) is 5.02. The first-order valence-electron chi connectivity index (χ1n) is 11.1. The summed E-state index contributed by atoms with van der Waals surface area (Å²) in [4.78, 5) is 4.96. The number of hydrogen-bond acceptors (Lipinski definition) is 7. The molecule has 4 aliphatic rings. The predicted octanol–water partition coefficient (Wildman–Crippen LogP) is 1.86. The molecule has 1 aliphatic carbocycles. The molecular formula is C21H33N5O2. The van der Waals surface area contributed by atoms with E-state index in [1.807, 2.05) is 0 Å². The van der Waals surface area contributed by atoms with E-state index >= 15 is 0 Å². The SMILES string of the molecule is c1cc(N2CCOCC2)nnc1NC1CC2CN(CC3CCOCC3)C[C@H]2C1. The number of ether oxygens (including phenoxy) is 2. The molecule has 0 aromatic carbocycles. The van der Waals surface area contributed by atoms with E-state index < -0.39 is 0 Å². The lowest BCUT2D eigenvalue weighted by Gasteiger charge is -2.28. The minimum Gasteiger partial charge on any atom is -0.381 e. The van der Waals surface area contributed by atoms with Crippen LogP contribution < -0.4 is 10.2 Å². The molecule has 7 nitrogen and oxygen atoms in total. The van der Waals surface area contributed by atoms with Crippen LogP contribution in [0.2, 0.25) is 0 Å². The van der Waals surface area contributed by atoms with Crippen molar-refractivity contribution in [1.82, 2.24) is 15.1 Å². The zero-order valence-electron chi connectivity index (χ0n) is 16.8. The Balaban J connectivity index is 1.09. The summed E-state index contributed by atoms with van der Waals surface area (Å²) < 4.78 is 10.9. The molecule has 1 N–H and O–H groups in total. The quantitative estimate of drug-likeness (QED) is 0.827. The Bertz CT molecular complexity index is 616. The highest BCUT2D eigenvalue weighted by Gasteiger charge is 2.41. The first kappa shape index (κ1) is 18.6. The lowest BCUT2D eigenvalue weighted by molar-refractivity contribution is 0.0545. The van der Waals surface area contributed by atoms with Crippen LogP contribution in [-0.4, -0.2) is 80.3 Å². The van der Waals surface area contributed by atoms with Gasteiger partial charge in [-0.1, -0.05) is 0 Å². The maximum atomic E-state index is 5.51. The van der Waals surface area contributed by atoms with Crippen molar-refractivity contribution in [3.63, 3.8) is 0 Å². The fourth-order valence-corrected chi connectivity index (χ4v) is 5.53. The number of hydrogen-bond donors (Lipinski definition) is 1. The van der Waals surface area contributed by atoms with E-state index in [-0.39, 0.29) is 0 Å². The van der Waals surface area contributed by atoms with Crippen LogP contribution in [-0.2, 0) is 9.47 Å². The minimum absolute atomic E-state index is 0.545. The summed E-state index contributed by atoms with van der Waals surface area (Å²) in [5.74, 6) is 4.42. The molecule has 0 spiro atoms. The summed E-state index contributed by atoms with van der Waals surface area (Å²) >= 11 is 0. The molecule has 4 fully saturated rings. The lowest BCUT2D eigenvalue weighted by Crippen LogP contribution is -2.36. The first-order chi connectivity index (χ1) is 13.8. The number of anilines is 2. The number of aromatic nitrogens is 2. The Labute approximate surface area is 167 Å². The summed E-state index contributed by atoms with van der Waals surface area (Å²) in [5, 5.41) is 12.5. The van der Waals surface area contributed by atoms with Crippen LogP contribution in [0.1, 0.15) is 25.7 Å². The second-order valence-corrected chi connectivity index (χ2v) is 8.98. The van der Waals surface area contributed by atoms with Crippen LogP contribution in [0.5, 0.6) is 0 Å². The molecule has 1 aromatic heterocycles. The zero-order chi connectivity index (χ0) is 18.8. The summed E-state index contributed by atoms with van der Waals surface area (Å²) in [5.41, 5.74) is 0. The van der Waals surface area contributed by atoms with Gasteiger partial charge in [-0.25, -0.2) is 0 Å². The highest BCUT2D eigenvalue weighted by Crippen LogP contribution is 2.39. The van der Waals surface area contributed by atoms with Gasteiger partial charge in [0.05, 0.1) is 13.2 Å². The molecule has 3 aliphatic heterocycles.